The Kier molecular flexibility index (Phi) is 8.95. The molecule has 0 radical (unpaired) electrons. The number of fused-ring (bicyclic) bond motifs is 1. The number of carbonyl (C=O) groups excluding carboxylic acids is 2. The summed E-state index contributed by atoms with van der Waals surface area (Å²) >= 11 is 0. The van der Waals surface area contributed by atoms with E-state index in [1.807, 2.05) is 36.4 Å². The van der Waals surface area contributed by atoms with Gasteiger partial charge in [-0.3, -0.25) is 0 Å². The lowest BCUT2D eigenvalue weighted by molar-refractivity contribution is 0.00673. The summed E-state index contributed by atoms with van der Waals surface area (Å²) in [6, 6.07) is 13.3. The van der Waals surface area contributed by atoms with E-state index in [9.17, 15) is 14.7 Å². The highest BCUT2D eigenvalue weighted by molar-refractivity contribution is 5.93. The summed E-state index contributed by atoms with van der Waals surface area (Å²) in [7, 11) is 0. The molecular formula is C14H12O11. The van der Waals surface area contributed by atoms with Crippen LogP contribution in [-0.2, 0) is 9.47 Å². The molecule has 11 heteroatoms. The minimum atomic E-state index is -1.83. The fourth-order valence-corrected chi connectivity index (χ4v) is 1.35. The number of phenols is 1. The van der Waals surface area contributed by atoms with Crippen molar-refractivity contribution in [1.82, 2.24) is 0 Å². The highest BCUT2D eigenvalue weighted by Crippen LogP contribution is 2.22. The van der Waals surface area contributed by atoms with E-state index in [2.05, 4.69) is 9.47 Å². The number of phenolic OH excluding ortho intramolecular Hbond substituents is 1. The Labute approximate surface area is 138 Å². The molecule has 0 bridgehead atoms. The van der Waals surface area contributed by atoms with Crippen molar-refractivity contribution in [3.05, 3.63) is 42.5 Å². The molecule has 0 unspecified atom stereocenters. The minimum Gasteiger partial charge on any atom is -0.507 e. The van der Waals surface area contributed by atoms with Crippen LogP contribution in [0.4, 0.5) is 19.2 Å². The van der Waals surface area contributed by atoms with Crippen molar-refractivity contribution in [2.45, 2.75) is 0 Å². The molecule has 25 heavy (non-hydrogen) atoms. The van der Waals surface area contributed by atoms with Crippen LogP contribution < -0.4 is 0 Å². The van der Waals surface area contributed by atoms with Crippen molar-refractivity contribution < 1.29 is 54.2 Å². The smallest absolute Gasteiger partial charge is 0.507 e. The minimum absolute atomic E-state index is 0.350. The first-order chi connectivity index (χ1) is 11.6. The lowest BCUT2D eigenvalue weighted by Crippen LogP contribution is -2.27. The van der Waals surface area contributed by atoms with Crippen LogP contribution in [0.15, 0.2) is 42.5 Å². The van der Waals surface area contributed by atoms with E-state index in [1.54, 1.807) is 6.07 Å². The third kappa shape index (κ3) is 10.4. The van der Waals surface area contributed by atoms with E-state index >= 15 is 0 Å². The number of benzene rings is 2. The molecule has 1 saturated heterocycles. The van der Waals surface area contributed by atoms with Crippen molar-refractivity contribution >= 4 is 35.4 Å². The lowest BCUT2D eigenvalue weighted by Gasteiger charge is -2.05. The van der Waals surface area contributed by atoms with Crippen LogP contribution in [0, 0.1) is 0 Å². The SMILES string of the molecule is O=C(O)O.O=C(O)O.O=C1OC(=O)O1.Oc1cccc2ccccc12. The third-order valence-corrected chi connectivity index (χ3v) is 2.10. The highest BCUT2D eigenvalue weighted by atomic mass is 16.9. The Morgan fingerprint density at radius 2 is 1.12 bits per heavy atom. The molecule has 2 aromatic carbocycles. The molecule has 2 aromatic rings. The van der Waals surface area contributed by atoms with E-state index in [1.165, 1.54) is 0 Å². The summed E-state index contributed by atoms with van der Waals surface area (Å²) in [4.78, 5) is 36.0. The van der Waals surface area contributed by atoms with Crippen LogP contribution in [0.25, 0.3) is 10.8 Å². The topological polar surface area (TPSA) is 188 Å². The average molecular weight is 356 g/mol. The molecule has 3 rings (SSSR count). The van der Waals surface area contributed by atoms with E-state index in [0.29, 0.717) is 5.75 Å². The molecule has 5 N–H and O–H groups in total. The predicted molar refractivity (Wildman–Crippen MR) is 79.9 cm³/mol. The number of carboxylic acid groups (broad SMARTS) is 4. The van der Waals surface area contributed by atoms with Crippen molar-refractivity contribution in [2.75, 3.05) is 0 Å². The van der Waals surface area contributed by atoms with Crippen LogP contribution >= 0.6 is 0 Å². The second kappa shape index (κ2) is 10.7. The first-order valence-corrected chi connectivity index (χ1v) is 6.07. The van der Waals surface area contributed by atoms with Crippen molar-refractivity contribution in [3.8, 4) is 5.75 Å². The fraction of sp³-hybridized carbons (Fsp3) is 0. The van der Waals surface area contributed by atoms with Gasteiger partial charge in [0.1, 0.15) is 5.75 Å². The van der Waals surface area contributed by atoms with Gasteiger partial charge in [0.15, 0.2) is 0 Å². The normalized spacial score (nSPS) is 10.7. The number of rotatable bonds is 0. The zero-order valence-corrected chi connectivity index (χ0v) is 12.2. The van der Waals surface area contributed by atoms with Crippen LogP contribution in [0.1, 0.15) is 0 Å². The molecule has 1 aliphatic heterocycles. The molecule has 134 valence electrons. The van der Waals surface area contributed by atoms with Gasteiger partial charge in [-0.05, 0) is 11.5 Å². The summed E-state index contributed by atoms with van der Waals surface area (Å²) in [6.07, 6.45) is -5.50. The summed E-state index contributed by atoms with van der Waals surface area (Å²) < 4.78 is 7.28. The quantitative estimate of drug-likeness (QED) is 0.344. The van der Waals surface area contributed by atoms with Gasteiger partial charge in [0, 0.05) is 5.39 Å². The molecular weight excluding hydrogens is 344 g/mol. The van der Waals surface area contributed by atoms with Gasteiger partial charge in [0.25, 0.3) is 0 Å². The summed E-state index contributed by atoms with van der Waals surface area (Å²) in [5.41, 5.74) is 0. The summed E-state index contributed by atoms with van der Waals surface area (Å²) in [5, 5.41) is 39.2. The zero-order valence-electron chi connectivity index (χ0n) is 12.2. The largest absolute Gasteiger partial charge is 0.528 e. The van der Waals surface area contributed by atoms with Gasteiger partial charge in [-0.1, -0.05) is 36.4 Å². The van der Waals surface area contributed by atoms with Crippen LogP contribution in [0.2, 0.25) is 0 Å². The van der Waals surface area contributed by atoms with Crippen molar-refractivity contribution in [3.63, 3.8) is 0 Å². The summed E-state index contributed by atoms with van der Waals surface area (Å²) in [5.74, 6) is 0.350. The molecule has 0 saturated carbocycles. The van der Waals surface area contributed by atoms with E-state index in [0.717, 1.165) is 10.8 Å². The van der Waals surface area contributed by atoms with Crippen molar-refractivity contribution in [2.24, 2.45) is 0 Å². The number of ether oxygens (including phenoxy) is 2. The maximum atomic E-state index is 9.44. The van der Waals surface area contributed by atoms with Crippen LogP contribution in [0.5, 0.6) is 5.75 Å². The van der Waals surface area contributed by atoms with E-state index in [4.69, 9.17) is 30.0 Å². The molecule has 0 aliphatic carbocycles. The number of hydrogen-bond donors (Lipinski definition) is 5. The Balaban J connectivity index is 0.000000350. The second-order valence-corrected chi connectivity index (χ2v) is 3.77. The van der Waals surface area contributed by atoms with Crippen LogP contribution in [-0.4, -0.2) is 50.2 Å². The van der Waals surface area contributed by atoms with Crippen molar-refractivity contribution in [1.29, 1.82) is 0 Å². The zero-order chi connectivity index (χ0) is 19.4. The monoisotopic (exact) mass is 356 g/mol. The van der Waals surface area contributed by atoms with Crippen LogP contribution in [0.3, 0.4) is 0 Å². The Bertz CT molecular complexity index is 706. The third-order valence-electron chi connectivity index (χ3n) is 2.10. The van der Waals surface area contributed by atoms with Gasteiger partial charge in [-0.15, -0.1) is 0 Å². The van der Waals surface area contributed by atoms with Gasteiger partial charge >= 0.3 is 24.6 Å². The maximum absolute atomic E-state index is 9.44. The standard InChI is InChI=1S/C10H8O.C2O4.2CH2O3/c11-10-7-3-5-8-4-1-2-6-9(8)10;3-1-5-2(4)6-1;2*2-1(3)4/h1-7,11H;;2*(H2,2,3,4). The molecule has 11 nitrogen and oxygen atoms in total. The van der Waals surface area contributed by atoms with E-state index in [-0.39, 0.29) is 0 Å². The molecule has 1 heterocycles. The van der Waals surface area contributed by atoms with Gasteiger partial charge in [0.2, 0.25) is 0 Å². The molecule has 0 aromatic heterocycles. The highest BCUT2D eigenvalue weighted by Gasteiger charge is 2.27. The molecule has 1 fully saturated rings. The molecule has 1 aliphatic rings. The van der Waals surface area contributed by atoms with Gasteiger partial charge in [-0.25, -0.2) is 19.2 Å². The Morgan fingerprint density at radius 1 is 0.720 bits per heavy atom. The molecule has 0 atom stereocenters. The first kappa shape index (κ1) is 21.0. The summed E-state index contributed by atoms with van der Waals surface area (Å²) in [6.45, 7) is 0. The number of cyclic esters (lactones) is 4. The van der Waals surface area contributed by atoms with Gasteiger partial charge in [0.05, 0.1) is 0 Å². The first-order valence-electron chi connectivity index (χ1n) is 6.07. The van der Waals surface area contributed by atoms with E-state index < -0.39 is 24.6 Å². The lowest BCUT2D eigenvalue weighted by atomic mass is 10.1. The molecule has 0 spiro atoms. The predicted octanol–water partition coefficient (Wildman–Crippen LogP) is 3.26. The van der Waals surface area contributed by atoms with Gasteiger partial charge in [-0.2, -0.15) is 0 Å². The maximum Gasteiger partial charge on any atom is 0.528 e. The number of hydrogen-bond acceptors (Lipinski definition) is 7. The second-order valence-electron chi connectivity index (χ2n) is 3.77. The fourth-order valence-electron chi connectivity index (χ4n) is 1.35. The Morgan fingerprint density at radius 3 is 1.48 bits per heavy atom. The molecule has 0 amide bonds. The van der Waals surface area contributed by atoms with Gasteiger partial charge < -0.3 is 35.0 Å². The number of aromatic hydroxyl groups is 1. The number of carbonyl (C=O) groups is 4. The Hall–Kier alpha value is -4.02. The average Bonchev–Trinajstić information content (AvgIpc) is 2.46.